The van der Waals surface area contributed by atoms with Crippen LogP contribution in [0.2, 0.25) is 10.0 Å². The summed E-state index contributed by atoms with van der Waals surface area (Å²) in [6.45, 7) is 3.65. The van der Waals surface area contributed by atoms with Crippen molar-refractivity contribution in [3.63, 3.8) is 0 Å². The molecule has 0 aliphatic heterocycles. The van der Waals surface area contributed by atoms with E-state index in [-0.39, 0.29) is 17.9 Å². The lowest BCUT2D eigenvalue weighted by Crippen LogP contribution is -2.15. The molecule has 1 amide bonds. The van der Waals surface area contributed by atoms with E-state index >= 15 is 0 Å². The average molecular weight is 417 g/mol. The van der Waals surface area contributed by atoms with Gasteiger partial charge in [0.1, 0.15) is 11.9 Å². The quantitative estimate of drug-likeness (QED) is 0.651. The van der Waals surface area contributed by atoms with Crippen LogP contribution in [0.15, 0.2) is 36.4 Å². The van der Waals surface area contributed by atoms with Crippen LogP contribution in [0.1, 0.15) is 22.5 Å². The largest absolute Gasteiger partial charge is 0.326 e. The van der Waals surface area contributed by atoms with Gasteiger partial charge in [-0.05, 0) is 50.2 Å². The smallest absolute Gasteiger partial charge is 0.228 e. The van der Waals surface area contributed by atoms with Gasteiger partial charge in [0, 0.05) is 22.0 Å². The van der Waals surface area contributed by atoms with Gasteiger partial charge in [-0.25, -0.2) is 9.07 Å². The van der Waals surface area contributed by atoms with Crippen molar-refractivity contribution in [2.45, 2.75) is 20.3 Å². The van der Waals surface area contributed by atoms with E-state index in [1.165, 1.54) is 12.1 Å². The molecule has 8 heteroatoms. The zero-order chi connectivity index (χ0) is 20.4. The molecule has 1 N–H and O–H groups in total. The summed E-state index contributed by atoms with van der Waals surface area (Å²) in [4.78, 5) is 12.5. The standard InChI is InChI=1S/C20H15Cl2FN4O/c1-11-16(9-20(28)25-15-4-5-18(23)13(7-15)10-24)12(2)27(26-11)19-6-3-14(21)8-17(19)22/h3-8H,9H2,1-2H3,(H,25,28). The number of carbonyl (C=O) groups is 1. The third-order valence-electron chi connectivity index (χ3n) is 4.29. The van der Waals surface area contributed by atoms with Gasteiger partial charge in [-0.15, -0.1) is 0 Å². The number of rotatable bonds is 4. The predicted molar refractivity (Wildman–Crippen MR) is 107 cm³/mol. The molecule has 5 nitrogen and oxygen atoms in total. The van der Waals surface area contributed by atoms with Crippen molar-refractivity contribution in [3.05, 3.63) is 74.8 Å². The lowest BCUT2D eigenvalue weighted by atomic mass is 10.1. The van der Waals surface area contributed by atoms with Gasteiger partial charge in [-0.3, -0.25) is 4.79 Å². The maximum absolute atomic E-state index is 13.4. The second-order valence-electron chi connectivity index (χ2n) is 6.19. The van der Waals surface area contributed by atoms with E-state index in [2.05, 4.69) is 10.4 Å². The number of benzene rings is 2. The van der Waals surface area contributed by atoms with E-state index in [1.807, 2.05) is 13.8 Å². The summed E-state index contributed by atoms with van der Waals surface area (Å²) in [7, 11) is 0. The molecule has 1 heterocycles. The number of nitrogens with zero attached hydrogens (tertiary/aromatic N) is 3. The summed E-state index contributed by atoms with van der Waals surface area (Å²) >= 11 is 12.2. The maximum Gasteiger partial charge on any atom is 0.228 e. The van der Waals surface area contributed by atoms with E-state index in [9.17, 15) is 9.18 Å². The number of hydrogen-bond donors (Lipinski definition) is 1. The van der Waals surface area contributed by atoms with Gasteiger partial charge in [0.25, 0.3) is 0 Å². The summed E-state index contributed by atoms with van der Waals surface area (Å²) in [5.41, 5.74) is 3.10. The van der Waals surface area contributed by atoms with Crippen molar-refractivity contribution >= 4 is 34.8 Å². The molecule has 0 saturated carbocycles. The van der Waals surface area contributed by atoms with Crippen LogP contribution < -0.4 is 5.32 Å². The molecule has 0 fully saturated rings. The highest BCUT2D eigenvalue weighted by Gasteiger charge is 2.18. The number of anilines is 1. The van der Waals surface area contributed by atoms with Crippen molar-refractivity contribution < 1.29 is 9.18 Å². The van der Waals surface area contributed by atoms with Gasteiger partial charge in [-0.2, -0.15) is 10.4 Å². The molecule has 0 aliphatic rings. The van der Waals surface area contributed by atoms with Crippen LogP contribution >= 0.6 is 23.2 Å². The number of carbonyl (C=O) groups excluding carboxylic acids is 1. The first-order valence-electron chi connectivity index (χ1n) is 8.30. The van der Waals surface area contributed by atoms with E-state index in [0.29, 0.717) is 27.1 Å². The van der Waals surface area contributed by atoms with Gasteiger partial charge >= 0.3 is 0 Å². The molecule has 0 bridgehead atoms. The van der Waals surface area contributed by atoms with E-state index in [0.717, 1.165) is 17.3 Å². The summed E-state index contributed by atoms with van der Waals surface area (Å²) in [5, 5.41) is 17.0. The molecule has 142 valence electrons. The topological polar surface area (TPSA) is 70.7 Å². The highest BCUT2D eigenvalue weighted by atomic mass is 35.5. The third-order valence-corrected chi connectivity index (χ3v) is 4.82. The fourth-order valence-corrected chi connectivity index (χ4v) is 3.36. The van der Waals surface area contributed by atoms with Crippen LogP contribution in [0.4, 0.5) is 10.1 Å². The molecule has 0 spiro atoms. The molecule has 0 radical (unpaired) electrons. The van der Waals surface area contributed by atoms with Gasteiger partial charge in [0.2, 0.25) is 5.91 Å². The van der Waals surface area contributed by atoms with Crippen molar-refractivity contribution in [3.8, 4) is 11.8 Å². The minimum absolute atomic E-state index is 0.0716. The third kappa shape index (κ3) is 4.01. The molecule has 0 aliphatic carbocycles. The molecule has 28 heavy (non-hydrogen) atoms. The maximum atomic E-state index is 13.4. The fraction of sp³-hybridized carbons (Fsp3) is 0.150. The van der Waals surface area contributed by atoms with E-state index in [4.69, 9.17) is 28.5 Å². The lowest BCUT2D eigenvalue weighted by Gasteiger charge is -2.09. The second-order valence-corrected chi connectivity index (χ2v) is 7.03. The predicted octanol–water partition coefficient (Wildman–Crippen LogP) is 4.99. The Kier molecular flexibility index (Phi) is 5.68. The number of nitriles is 1. The van der Waals surface area contributed by atoms with Gasteiger partial charge in [0.05, 0.1) is 28.4 Å². The molecule has 1 aromatic heterocycles. The molecule has 2 aromatic carbocycles. The summed E-state index contributed by atoms with van der Waals surface area (Å²) in [6.07, 6.45) is 0.0716. The Morgan fingerprint density at radius 1 is 1.25 bits per heavy atom. The first-order chi connectivity index (χ1) is 13.3. The Morgan fingerprint density at radius 2 is 2.00 bits per heavy atom. The highest BCUT2D eigenvalue weighted by Crippen LogP contribution is 2.27. The molecule has 3 aromatic rings. The fourth-order valence-electron chi connectivity index (χ4n) is 2.87. The zero-order valence-electron chi connectivity index (χ0n) is 15.1. The van der Waals surface area contributed by atoms with Gasteiger partial charge in [0.15, 0.2) is 0 Å². The first-order valence-corrected chi connectivity index (χ1v) is 9.05. The van der Waals surface area contributed by atoms with Crippen LogP contribution in [-0.2, 0) is 11.2 Å². The van der Waals surface area contributed by atoms with Crippen LogP contribution in [0.3, 0.4) is 0 Å². The average Bonchev–Trinajstić information content (AvgIpc) is 2.91. The molecular weight excluding hydrogens is 402 g/mol. The first kappa shape index (κ1) is 19.9. The number of aromatic nitrogens is 2. The lowest BCUT2D eigenvalue weighted by molar-refractivity contribution is -0.115. The number of hydrogen-bond acceptors (Lipinski definition) is 3. The van der Waals surface area contributed by atoms with Gasteiger partial charge < -0.3 is 5.32 Å². The SMILES string of the molecule is Cc1nn(-c2ccc(Cl)cc2Cl)c(C)c1CC(=O)Nc1ccc(F)c(C#N)c1. The molecular formula is C20H15Cl2FN4O. The number of amides is 1. The van der Waals surface area contributed by atoms with Crippen molar-refractivity contribution in [1.29, 1.82) is 5.26 Å². The normalized spacial score (nSPS) is 10.6. The van der Waals surface area contributed by atoms with Crippen LogP contribution in [0.25, 0.3) is 5.69 Å². The van der Waals surface area contributed by atoms with Crippen molar-refractivity contribution in [2.24, 2.45) is 0 Å². The molecule has 0 unspecified atom stereocenters. The Balaban J connectivity index is 1.84. The Morgan fingerprint density at radius 3 is 2.68 bits per heavy atom. The Hall–Kier alpha value is -2.88. The minimum atomic E-state index is -0.631. The number of halogens is 3. The summed E-state index contributed by atoms with van der Waals surface area (Å²) in [5.74, 6) is -0.934. The number of nitrogens with one attached hydrogen (secondary N) is 1. The molecule has 0 atom stereocenters. The molecule has 3 rings (SSSR count). The Labute approximate surface area is 171 Å². The van der Waals surface area contributed by atoms with E-state index in [1.54, 1.807) is 29.0 Å². The Bertz CT molecular complexity index is 1120. The van der Waals surface area contributed by atoms with E-state index < -0.39 is 5.82 Å². The summed E-state index contributed by atoms with van der Waals surface area (Å²) < 4.78 is 15.1. The summed E-state index contributed by atoms with van der Waals surface area (Å²) in [6, 6.07) is 10.7. The number of aryl methyl sites for hydroxylation is 1. The monoisotopic (exact) mass is 416 g/mol. The zero-order valence-corrected chi connectivity index (χ0v) is 16.6. The van der Waals surface area contributed by atoms with Crippen LogP contribution in [0.5, 0.6) is 0 Å². The minimum Gasteiger partial charge on any atom is -0.326 e. The van der Waals surface area contributed by atoms with Gasteiger partial charge in [-0.1, -0.05) is 23.2 Å². The molecule has 0 saturated heterocycles. The second kappa shape index (κ2) is 8.01. The van der Waals surface area contributed by atoms with Crippen molar-refractivity contribution in [2.75, 3.05) is 5.32 Å². The van der Waals surface area contributed by atoms with Crippen LogP contribution in [0, 0.1) is 31.0 Å². The van der Waals surface area contributed by atoms with Crippen LogP contribution in [-0.4, -0.2) is 15.7 Å². The highest BCUT2D eigenvalue weighted by molar-refractivity contribution is 6.35. The van der Waals surface area contributed by atoms with Crippen molar-refractivity contribution in [1.82, 2.24) is 9.78 Å².